The second-order valence-corrected chi connectivity index (χ2v) is 8.26. The SMILES string of the molecule is CCC(CCCN1CCN(CC2CC2)CC1)NC(=O)c1ccc(N)c(OC)c1. The number of hydrogen-bond acceptors (Lipinski definition) is 5. The van der Waals surface area contributed by atoms with Gasteiger partial charge in [0.2, 0.25) is 0 Å². The van der Waals surface area contributed by atoms with Crippen molar-refractivity contribution < 1.29 is 9.53 Å². The van der Waals surface area contributed by atoms with Crippen LogP contribution < -0.4 is 15.8 Å². The van der Waals surface area contributed by atoms with E-state index in [9.17, 15) is 4.79 Å². The standard InChI is InChI=1S/C22H36N4O2/c1-3-19(24-22(27)18-8-9-20(23)21(15-18)28-2)5-4-10-25-11-13-26(14-12-25)16-17-6-7-17/h8-9,15,17,19H,3-7,10-14,16,23H2,1-2H3,(H,24,27). The maximum Gasteiger partial charge on any atom is 0.251 e. The molecule has 3 N–H and O–H groups in total. The maximum absolute atomic E-state index is 12.6. The molecular weight excluding hydrogens is 352 g/mol. The lowest BCUT2D eigenvalue weighted by molar-refractivity contribution is 0.0929. The number of carbonyl (C=O) groups is 1. The molecule has 2 fully saturated rings. The van der Waals surface area contributed by atoms with E-state index in [1.54, 1.807) is 25.3 Å². The second kappa shape index (κ2) is 10.1. The Kier molecular flexibility index (Phi) is 7.57. The van der Waals surface area contributed by atoms with E-state index in [0.29, 0.717) is 17.0 Å². The Balaban J connectivity index is 1.37. The highest BCUT2D eigenvalue weighted by atomic mass is 16.5. The minimum Gasteiger partial charge on any atom is -0.495 e. The van der Waals surface area contributed by atoms with Crippen LogP contribution in [0.15, 0.2) is 18.2 Å². The van der Waals surface area contributed by atoms with Gasteiger partial charge in [-0.1, -0.05) is 6.92 Å². The van der Waals surface area contributed by atoms with E-state index in [-0.39, 0.29) is 11.9 Å². The predicted molar refractivity (Wildman–Crippen MR) is 114 cm³/mol. The summed E-state index contributed by atoms with van der Waals surface area (Å²) in [7, 11) is 1.56. The summed E-state index contributed by atoms with van der Waals surface area (Å²) in [5, 5.41) is 3.17. The average Bonchev–Trinajstić information content (AvgIpc) is 3.52. The average molecular weight is 389 g/mol. The molecule has 6 heteroatoms. The van der Waals surface area contributed by atoms with Gasteiger partial charge in [-0.25, -0.2) is 0 Å². The number of nitrogen functional groups attached to an aromatic ring is 1. The maximum atomic E-state index is 12.6. The second-order valence-electron chi connectivity index (χ2n) is 8.26. The molecule has 1 atom stereocenters. The summed E-state index contributed by atoms with van der Waals surface area (Å²) in [6.07, 6.45) is 5.94. The van der Waals surface area contributed by atoms with Gasteiger partial charge < -0.3 is 25.6 Å². The Labute approximate surface area is 169 Å². The van der Waals surface area contributed by atoms with Crippen molar-refractivity contribution in [2.24, 2.45) is 5.92 Å². The number of amides is 1. The minimum absolute atomic E-state index is 0.0566. The highest BCUT2D eigenvalue weighted by molar-refractivity contribution is 5.95. The lowest BCUT2D eigenvalue weighted by Crippen LogP contribution is -2.47. The smallest absolute Gasteiger partial charge is 0.251 e. The number of benzene rings is 1. The Morgan fingerprint density at radius 1 is 1.25 bits per heavy atom. The fourth-order valence-electron chi connectivity index (χ4n) is 3.92. The van der Waals surface area contributed by atoms with Gasteiger partial charge in [0.05, 0.1) is 12.8 Å². The number of methoxy groups -OCH3 is 1. The van der Waals surface area contributed by atoms with E-state index in [1.165, 1.54) is 45.6 Å². The van der Waals surface area contributed by atoms with Crippen molar-refractivity contribution in [2.75, 3.05) is 52.1 Å². The highest BCUT2D eigenvalue weighted by Crippen LogP contribution is 2.30. The van der Waals surface area contributed by atoms with Crippen LogP contribution in [0, 0.1) is 5.92 Å². The van der Waals surface area contributed by atoms with E-state index in [0.717, 1.165) is 31.7 Å². The Hall–Kier alpha value is -1.79. The van der Waals surface area contributed by atoms with Crippen molar-refractivity contribution in [1.29, 1.82) is 0 Å². The van der Waals surface area contributed by atoms with Gasteiger partial charge in [-0.05, 0) is 62.8 Å². The minimum atomic E-state index is -0.0566. The van der Waals surface area contributed by atoms with E-state index in [1.807, 2.05) is 0 Å². The molecule has 0 bridgehead atoms. The van der Waals surface area contributed by atoms with Crippen molar-refractivity contribution in [3.63, 3.8) is 0 Å². The number of anilines is 1. The Morgan fingerprint density at radius 3 is 2.61 bits per heavy atom. The molecule has 0 spiro atoms. The molecule has 156 valence electrons. The number of hydrogen-bond donors (Lipinski definition) is 2. The van der Waals surface area contributed by atoms with Crippen LogP contribution in [0.5, 0.6) is 5.75 Å². The van der Waals surface area contributed by atoms with Crippen LogP contribution in [0.1, 0.15) is 49.4 Å². The number of rotatable bonds is 10. The molecule has 1 aromatic carbocycles. The lowest BCUT2D eigenvalue weighted by Gasteiger charge is -2.35. The van der Waals surface area contributed by atoms with Crippen LogP contribution in [-0.4, -0.2) is 68.1 Å². The number of nitrogens with zero attached hydrogens (tertiary/aromatic N) is 2. The van der Waals surface area contributed by atoms with E-state index in [2.05, 4.69) is 22.0 Å². The summed E-state index contributed by atoms with van der Waals surface area (Å²) in [5.74, 6) is 1.47. The first-order valence-corrected chi connectivity index (χ1v) is 10.8. The summed E-state index contributed by atoms with van der Waals surface area (Å²) < 4.78 is 5.22. The van der Waals surface area contributed by atoms with Crippen LogP contribution in [-0.2, 0) is 0 Å². The first-order valence-electron chi connectivity index (χ1n) is 10.8. The quantitative estimate of drug-likeness (QED) is 0.603. The van der Waals surface area contributed by atoms with Crippen LogP contribution >= 0.6 is 0 Å². The van der Waals surface area contributed by atoms with E-state index in [4.69, 9.17) is 10.5 Å². The molecular formula is C22H36N4O2. The molecule has 3 rings (SSSR count). The Morgan fingerprint density at radius 2 is 1.96 bits per heavy atom. The molecule has 2 aliphatic rings. The zero-order chi connectivity index (χ0) is 19.9. The molecule has 1 unspecified atom stereocenters. The van der Waals surface area contributed by atoms with E-state index < -0.39 is 0 Å². The molecule has 1 aromatic rings. The molecule has 28 heavy (non-hydrogen) atoms. The largest absolute Gasteiger partial charge is 0.495 e. The third-order valence-corrected chi connectivity index (χ3v) is 6.03. The summed E-state index contributed by atoms with van der Waals surface area (Å²) in [4.78, 5) is 17.8. The summed E-state index contributed by atoms with van der Waals surface area (Å²) in [6.45, 7) is 9.35. The Bertz CT molecular complexity index is 639. The highest BCUT2D eigenvalue weighted by Gasteiger charge is 2.26. The van der Waals surface area contributed by atoms with Crippen LogP contribution in [0.25, 0.3) is 0 Å². The first-order chi connectivity index (χ1) is 13.6. The van der Waals surface area contributed by atoms with E-state index >= 15 is 0 Å². The number of nitrogens with two attached hydrogens (primary N) is 1. The van der Waals surface area contributed by atoms with Crippen molar-refractivity contribution in [3.05, 3.63) is 23.8 Å². The van der Waals surface area contributed by atoms with Crippen molar-refractivity contribution >= 4 is 11.6 Å². The third-order valence-electron chi connectivity index (χ3n) is 6.03. The molecule has 1 saturated heterocycles. The molecule has 1 aliphatic carbocycles. The first kappa shape index (κ1) is 20.9. The molecule has 1 amide bonds. The number of carbonyl (C=O) groups excluding carboxylic acids is 1. The van der Waals surface area contributed by atoms with Crippen LogP contribution in [0.2, 0.25) is 0 Å². The monoisotopic (exact) mass is 388 g/mol. The van der Waals surface area contributed by atoms with Gasteiger partial charge in [-0.2, -0.15) is 0 Å². The van der Waals surface area contributed by atoms with Gasteiger partial charge in [0.1, 0.15) is 5.75 Å². The van der Waals surface area contributed by atoms with Crippen LogP contribution in [0.4, 0.5) is 5.69 Å². The molecule has 0 aromatic heterocycles. The van der Waals surface area contributed by atoms with Gasteiger partial charge in [-0.15, -0.1) is 0 Å². The number of nitrogens with one attached hydrogen (secondary N) is 1. The van der Waals surface area contributed by atoms with Gasteiger partial charge in [0.25, 0.3) is 5.91 Å². The fraction of sp³-hybridized carbons (Fsp3) is 0.682. The van der Waals surface area contributed by atoms with Gasteiger partial charge in [0.15, 0.2) is 0 Å². The number of ether oxygens (including phenoxy) is 1. The fourth-order valence-corrected chi connectivity index (χ4v) is 3.92. The zero-order valence-electron chi connectivity index (χ0n) is 17.5. The topological polar surface area (TPSA) is 70.8 Å². The molecule has 1 saturated carbocycles. The summed E-state index contributed by atoms with van der Waals surface area (Å²) in [5.41, 5.74) is 6.97. The molecule has 1 heterocycles. The molecule has 1 aliphatic heterocycles. The van der Waals surface area contributed by atoms with Crippen LogP contribution in [0.3, 0.4) is 0 Å². The lowest BCUT2D eigenvalue weighted by atomic mass is 10.1. The zero-order valence-corrected chi connectivity index (χ0v) is 17.5. The molecule has 6 nitrogen and oxygen atoms in total. The van der Waals surface area contributed by atoms with Crippen molar-refractivity contribution in [1.82, 2.24) is 15.1 Å². The van der Waals surface area contributed by atoms with Gasteiger partial charge in [0, 0.05) is 44.3 Å². The van der Waals surface area contributed by atoms with Crippen molar-refractivity contribution in [2.45, 2.75) is 45.1 Å². The predicted octanol–water partition coefficient (Wildman–Crippen LogP) is 2.59. The van der Waals surface area contributed by atoms with Gasteiger partial charge in [-0.3, -0.25) is 4.79 Å². The number of piperazine rings is 1. The summed E-state index contributed by atoms with van der Waals surface area (Å²) in [6, 6.07) is 5.38. The summed E-state index contributed by atoms with van der Waals surface area (Å²) >= 11 is 0. The normalized spacial score (nSPS) is 19.4. The third kappa shape index (κ3) is 6.11. The van der Waals surface area contributed by atoms with Crippen molar-refractivity contribution in [3.8, 4) is 5.75 Å². The van der Waals surface area contributed by atoms with Gasteiger partial charge >= 0.3 is 0 Å². The molecule has 0 radical (unpaired) electrons.